The SMILES string of the molecule is CCOc1ccc(N(CCC#N)C(=O)CN(C)CC(=O)Nc2cc(C)ccn2)cc1. The molecule has 2 aromatic rings. The van der Waals surface area contributed by atoms with Gasteiger partial charge in [0.05, 0.1) is 32.2 Å². The predicted octanol–water partition coefficient (Wildman–Crippen LogP) is 2.61. The highest BCUT2D eigenvalue weighted by atomic mass is 16.5. The minimum absolute atomic E-state index is 0.0350. The smallest absolute Gasteiger partial charge is 0.241 e. The van der Waals surface area contributed by atoms with Gasteiger partial charge in [0.15, 0.2) is 0 Å². The van der Waals surface area contributed by atoms with E-state index in [2.05, 4.69) is 16.4 Å². The second-order valence-electron chi connectivity index (χ2n) is 6.82. The van der Waals surface area contributed by atoms with Crippen LogP contribution in [0.1, 0.15) is 18.9 Å². The van der Waals surface area contributed by atoms with Crippen molar-refractivity contribution in [2.45, 2.75) is 20.3 Å². The lowest BCUT2D eigenvalue weighted by Crippen LogP contribution is -2.42. The van der Waals surface area contributed by atoms with Crippen molar-refractivity contribution in [3.8, 4) is 11.8 Å². The van der Waals surface area contributed by atoms with E-state index in [0.717, 1.165) is 5.56 Å². The number of ether oxygens (including phenoxy) is 1. The molecule has 0 unspecified atom stereocenters. The first-order valence-electron chi connectivity index (χ1n) is 9.74. The van der Waals surface area contributed by atoms with Crippen molar-refractivity contribution in [1.29, 1.82) is 5.26 Å². The van der Waals surface area contributed by atoms with Gasteiger partial charge in [-0.25, -0.2) is 4.98 Å². The Morgan fingerprint density at radius 3 is 2.57 bits per heavy atom. The van der Waals surface area contributed by atoms with E-state index in [9.17, 15) is 9.59 Å². The van der Waals surface area contributed by atoms with Gasteiger partial charge >= 0.3 is 0 Å². The molecule has 0 radical (unpaired) electrons. The van der Waals surface area contributed by atoms with Crippen molar-refractivity contribution in [1.82, 2.24) is 9.88 Å². The number of aryl methyl sites for hydroxylation is 1. The fraction of sp³-hybridized carbons (Fsp3) is 0.364. The van der Waals surface area contributed by atoms with Gasteiger partial charge in [0.2, 0.25) is 11.8 Å². The summed E-state index contributed by atoms with van der Waals surface area (Å²) in [6, 6.07) is 12.8. The Kier molecular flexibility index (Phi) is 8.78. The summed E-state index contributed by atoms with van der Waals surface area (Å²) in [4.78, 5) is 32.4. The van der Waals surface area contributed by atoms with Gasteiger partial charge in [0, 0.05) is 18.4 Å². The van der Waals surface area contributed by atoms with Crippen LogP contribution < -0.4 is 15.0 Å². The zero-order chi connectivity index (χ0) is 21.9. The summed E-state index contributed by atoms with van der Waals surface area (Å²) in [7, 11) is 1.70. The summed E-state index contributed by atoms with van der Waals surface area (Å²) in [5, 5.41) is 11.7. The van der Waals surface area contributed by atoms with E-state index in [-0.39, 0.29) is 37.9 Å². The molecule has 30 heavy (non-hydrogen) atoms. The molecule has 0 aliphatic carbocycles. The number of carbonyl (C=O) groups is 2. The molecular weight excluding hydrogens is 382 g/mol. The van der Waals surface area contributed by atoms with E-state index in [1.807, 2.05) is 19.9 Å². The van der Waals surface area contributed by atoms with Gasteiger partial charge in [-0.05, 0) is 62.9 Å². The first-order chi connectivity index (χ1) is 14.4. The van der Waals surface area contributed by atoms with Crippen LogP contribution in [-0.4, -0.2) is 55.0 Å². The quantitative estimate of drug-likeness (QED) is 0.648. The third-order valence-corrected chi connectivity index (χ3v) is 4.21. The topological polar surface area (TPSA) is 98.6 Å². The molecule has 158 valence electrons. The molecule has 0 spiro atoms. The zero-order valence-electron chi connectivity index (χ0n) is 17.6. The molecule has 1 heterocycles. The molecule has 0 saturated heterocycles. The predicted molar refractivity (Wildman–Crippen MR) is 115 cm³/mol. The van der Waals surface area contributed by atoms with E-state index in [0.29, 0.717) is 23.9 Å². The largest absolute Gasteiger partial charge is 0.494 e. The molecule has 2 amide bonds. The number of carbonyl (C=O) groups excluding carboxylic acids is 2. The molecule has 0 aliphatic rings. The lowest BCUT2D eigenvalue weighted by Gasteiger charge is -2.25. The number of nitrogens with zero attached hydrogens (tertiary/aromatic N) is 4. The Bertz CT molecular complexity index is 892. The van der Waals surface area contributed by atoms with Crippen LogP contribution in [0.2, 0.25) is 0 Å². The monoisotopic (exact) mass is 409 g/mol. The first kappa shape index (κ1) is 22.8. The van der Waals surface area contributed by atoms with Crippen molar-refractivity contribution in [2.75, 3.05) is 43.5 Å². The number of pyridine rings is 1. The molecule has 0 aliphatic heterocycles. The van der Waals surface area contributed by atoms with Crippen LogP contribution in [0.15, 0.2) is 42.6 Å². The van der Waals surface area contributed by atoms with Crippen LogP contribution in [0, 0.1) is 18.3 Å². The van der Waals surface area contributed by atoms with Crippen LogP contribution >= 0.6 is 0 Å². The van der Waals surface area contributed by atoms with Crippen LogP contribution in [0.4, 0.5) is 11.5 Å². The summed E-state index contributed by atoms with van der Waals surface area (Å²) in [5.74, 6) is 0.740. The van der Waals surface area contributed by atoms with Crippen molar-refractivity contribution >= 4 is 23.3 Å². The van der Waals surface area contributed by atoms with Crippen molar-refractivity contribution < 1.29 is 14.3 Å². The van der Waals surface area contributed by atoms with Gasteiger partial charge in [0.25, 0.3) is 0 Å². The summed E-state index contributed by atoms with van der Waals surface area (Å²) < 4.78 is 5.43. The molecule has 2 rings (SSSR count). The highest BCUT2D eigenvalue weighted by Gasteiger charge is 2.19. The minimum atomic E-state index is -0.256. The van der Waals surface area contributed by atoms with Gasteiger partial charge in [-0.15, -0.1) is 0 Å². The number of benzene rings is 1. The average molecular weight is 409 g/mol. The first-order valence-corrected chi connectivity index (χ1v) is 9.74. The average Bonchev–Trinajstić information content (AvgIpc) is 2.69. The number of nitriles is 1. The summed E-state index contributed by atoms with van der Waals surface area (Å²) in [6.45, 7) is 4.72. The maximum atomic E-state index is 12.9. The Morgan fingerprint density at radius 1 is 1.20 bits per heavy atom. The number of hydrogen-bond acceptors (Lipinski definition) is 6. The van der Waals surface area contributed by atoms with E-state index in [1.165, 1.54) is 0 Å². The lowest BCUT2D eigenvalue weighted by atomic mass is 10.2. The Hall–Kier alpha value is -3.44. The number of nitrogens with one attached hydrogen (secondary N) is 1. The summed E-state index contributed by atoms with van der Waals surface area (Å²) in [5.41, 5.74) is 1.67. The third kappa shape index (κ3) is 7.18. The standard InChI is InChI=1S/C22H27N5O3/c1-4-30-19-8-6-18(7-9-19)27(13-5-11-23)22(29)16-26(3)15-21(28)25-20-14-17(2)10-12-24-20/h6-10,12,14H,4-5,13,15-16H2,1-3H3,(H,24,25,28). The molecule has 8 heteroatoms. The molecule has 1 aromatic carbocycles. The molecule has 0 fully saturated rings. The maximum absolute atomic E-state index is 12.9. The van der Waals surface area contributed by atoms with Gasteiger partial charge < -0.3 is 15.0 Å². The number of aromatic nitrogens is 1. The highest BCUT2D eigenvalue weighted by Crippen LogP contribution is 2.20. The van der Waals surface area contributed by atoms with Gasteiger partial charge in [-0.1, -0.05) is 0 Å². The van der Waals surface area contributed by atoms with Crippen LogP contribution in [0.3, 0.4) is 0 Å². The zero-order valence-corrected chi connectivity index (χ0v) is 17.6. The van der Waals surface area contributed by atoms with Crippen molar-refractivity contribution in [3.05, 3.63) is 48.2 Å². The summed E-state index contributed by atoms with van der Waals surface area (Å²) >= 11 is 0. The van der Waals surface area contributed by atoms with Gasteiger partial charge in [-0.3, -0.25) is 14.5 Å². The molecule has 0 atom stereocenters. The highest BCUT2D eigenvalue weighted by molar-refractivity contribution is 5.96. The van der Waals surface area contributed by atoms with E-state index < -0.39 is 0 Å². The fourth-order valence-corrected chi connectivity index (χ4v) is 2.85. The normalized spacial score (nSPS) is 10.4. The summed E-state index contributed by atoms with van der Waals surface area (Å²) in [6.07, 6.45) is 1.84. The molecular formula is C22H27N5O3. The Balaban J connectivity index is 1.98. The molecule has 1 N–H and O–H groups in total. The molecule has 0 bridgehead atoms. The third-order valence-electron chi connectivity index (χ3n) is 4.21. The molecule has 0 saturated carbocycles. The maximum Gasteiger partial charge on any atom is 0.241 e. The van der Waals surface area contributed by atoms with Gasteiger partial charge in [-0.2, -0.15) is 5.26 Å². The number of amides is 2. The van der Waals surface area contributed by atoms with Crippen molar-refractivity contribution in [2.24, 2.45) is 0 Å². The van der Waals surface area contributed by atoms with E-state index >= 15 is 0 Å². The number of rotatable bonds is 10. The van der Waals surface area contributed by atoms with E-state index in [4.69, 9.17) is 10.00 Å². The van der Waals surface area contributed by atoms with Gasteiger partial charge in [0.1, 0.15) is 11.6 Å². The number of hydrogen-bond donors (Lipinski definition) is 1. The van der Waals surface area contributed by atoms with Crippen LogP contribution in [0.5, 0.6) is 5.75 Å². The molecule has 1 aromatic heterocycles. The number of anilines is 2. The number of likely N-dealkylation sites (N-methyl/N-ethyl adjacent to an activating group) is 1. The Morgan fingerprint density at radius 2 is 1.93 bits per heavy atom. The second-order valence-corrected chi connectivity index (χ2v) is 6.82. The minimum Gasteiger partial charge on any atom is -0.494 e. The lowest BCUT2D eigenvalue weighted by molar-refractivity contribution is -0.121. The fourth-order valence-electron chi connectivity index (χ4n) is 2.85. The Labute approximate surface area is 177 Å². The van der Waals surface area contributed by atoms with Crippen LogP contribution in [0.25, 0.3) is 0 Å². The second kappa shape index (κ2) is 11.5. The van der Waals surface area contributed by atoms with Crippen LogP contribution in [-0.2, 0) is 9.59 Å². The van der Waals surface area contributed by atoms with E-state index in [1.54, 1.807) is 53.4 Å². The van der Waals surface area contributed by atoms with Crippen molar-refractivity contribution in [3.63, 3.8) is 0 Å². The molecule has 8 nitrogen and oxygen atoms in total.